The van der Waals surface area contributed by atoms with Crippen molar-refractivity contribution in [3.05, 3.63) is 24.3 Å². The number of nitrogens with one attached hydrogen (secondary N) is 2. The van der Waals surface area contributed by atoms with Gasteiger partial charge < -0.3 is 15.4 Å². The molecule has 1 rings (SSSR count). The van der Waals surface area contributed by atoms with Crippen molar-refractivity contribution < 1.29 is 18.3 Å². The van der Waals surface area contributed by atoms with Gasteiger partial charge in [-0.25, -0.2) is 4.79 Å². The van der Waals surface area contributed by atoms with Crippen molar-refractivity contribution in [2.45, 2.75) is 39.2 Å². The number of hydrogen-bond donors (Lipinski definition) is 2. The molecule has 0 aromatic heterocycles. The highest BCUT2D eigenvalue weighted by atomic mass is 19.3. The SMILES string of the molecule is CCCCCCNC(=O)Nc1ccccc1OC(F)F. The van der Waals surface area contributed by atoms with Gasteiger partial charge in [-0.3, -0.25) is 0 Å². The minimum Gasteiger partial charge on any atom is -0.433 e. The summed E-state index contributed by atoms with van der Waals surface area (Å²) in [4.78, 5) is 11.6. The molecule has 1 aromatic carbocycles. The molecule has 4 nitrogen and oxygen atoms in total. The molecule has 6 heteroatoms. The number of rotatable bonds is 8. The first-order valence-corrected chi connectivity index (χ1v) is 6.72. The fraction of sp³-hybridized carbons (Fsp3) is 0.500. The number of para-hydroxylation sites is 2. The zero-order chi connectivity index (χ0) is 14.8. The number of amides is 2. The minimum absolute atomic E-state index is 0.0522. The summed E-state index contributed by atoms with van der Waals surface area (Å²) in [5.74, 6) is -0.0522. The molecule has 0 radical (unpaired) electrons. The Morgan fingerprint density at radius 1 is 1.25 bits per heavy atom. The Hall–Kier alpha value is -1.85. The zero-order valence-corrected chi connectivity index (χ0v) is 11.5. The van der Waals surface area contributed by atoms with Crippen LogP contribution in [0, 0.1) is 0 Å². The summed E-state index contributed by atoms with van der Waals surface area (Å²) in [6, 6.07) is 5.66. The molecule has 0 bridgehead atoms. The third kappa shape index (κ3) is 6.36. The van der Waals surface area contributed by atoms with E-state index < -0.39 is 12.6 Å². The van der Waals surface area contributed by atoms with Crippen molar-refractivity contribution >= 4 is 11.7 Å². The highest BCUT2D eigenvalue weighted by molar-refractivity contribution is 5.90. The van der Waals surface area contributed by atoms with E-state index in [0.717, 1.165) is 25.7 Å². The largest absolute Gasteiger partial charge is 0.433 e. The van der Waals surface area contributed by atoms with Gasteiger partial charge in [0.25, 0.3) is 0 Å². The van der Waals surface area contributed by atoms with Crippen LogP contribution in [-0.4, -0.2) is 19.2 Å². The number of halogens is 2. The number of ether oxygens (including phenoxy) is 1. The number of anilines is 1. The average molecular weight is 286 g/mol. The maximum Gasteiger partial charge on any atom is 0.387 e. The molecule has 0 saturated heterocycles. The van der Waals surface area contributed by atoms with Crippen LogP contribution in [0.25, 0.3) is 0 Å². The van der Waals surface area contributed by atoms with Crippen LogP contribution < -0.4 is 15.4 Å². The van der Waals surface area contributed by atoms with Gasteiger partial charge in [0, 0.05) is 6.54 Å². The first-order valence-electron chi connectivity index (χ1n) is 6.72. The molecule has 0 fully saturated rings. The van der Waals surface area contributed by atoms with Crippen molar-refractivity contribution in [2.75, 3.05) is 11.9 Å². The number of carbonyl (C=O) groups is 1. The molecule has 0 spiro atoms. The lowest BCUT2D eigenvalue weighted by Crippen LogP contribution is -2.29. The summed E-state index contributed by atoms with van der Waals surface area (Å²) in [6.45, 7) is -0.251. The van der Waals surface area contributed by atoms with Gasteiger partial charge in [0.2, 0.25) is 0 Å². The van der Waals surface area contributed by atoms with Gasteiger partial charge in [-0.2, -0.15) is 8.78 Å². The fourth-order valence-electron chi connectivity index (χ4n) is 1.69. The van der Waals surface area contributed by atoms with E-state index in [1.54, 1.807) is 12.1 Å². The molecule has 0 aliphatic heterocycles. The predicted molar refractivity (Wildman–Crippen MR) is 74.2 cm³/mol. The number of benzene rings is 1. The van der Waals surface area contributed by atoms with E-state index >= 15 is 0 Å². The Morgan fingerprint density at radius 2 is 2.00 bits per heavy atom. The molecular formula is C14H20F2N2O2. The number of carbonyl (C=O) groups excluding carboxylic acids is 1. The van der Waals surface area contributed by atoms with Crippen LogP contribution in [0.1, 0.15) is 32.6 Å². The normalized spacial score (nSPS) is 10.4. The second-order valence-electron chi connectivity index (χ2n) is 4.32. The molecule has 0 saturated carbocycles. The summed E-state index contributed by atoms with van der Waals surface area (Å²) in [7, 11) is 0. The summed E-state index contributed by atoms with van der Waals surface area (Å²) >= 11 is 0. The Morgan fingerprint density at radius 3 is 2.70 bits per heavy atom. The first kappa shape index (κ1) is 16.2. The summed E-state index contributed by atoms with van der Waals surface area (Å²) in [5, 5.41) is 5.18. The monoisotopic (exact) mass is 286 g/mol. The Bertz CT molecular complexity index is 414. The molecular weight excluding hydrogens is 266 g/mol. The van der Waals surface area contributed by atoms with E-state index in [0.29, 0.717) is 6.54 Å². The van der Waals surface area contributed by atoms with Gasteiger partial charge in [0.05, 0.1) is 5.69 Å². The highest BCUT2D eigenvalue weighted by Crippen LogP contribution is 2.25. The van der Waals surface area contributed by atoms with Gasteiger partial charge in [0.1, 0.15) is 5.75 Å². The summed E-state index contributed by atoms with van der Waals surface area (Å²) < 4.78 is 28.7. The highest BCUT2D eigenvalue weighted by Gasteiger charge is 2.10. The number of urea groups is 1. The van der Waals surface area contributed by atoms with Crippen molar-refractivity contribution in [1.82, 2.24) is 5.32 Å². The molecule has 20 heavy (non-hydrogen) atoms. The first-order chi connectivity index (χ1) is 9.63. The third-order valence-electron chi connectivity index (χ3n) is 2.67. The fourth-order valence-corrected chi connectivity index (χ4v) is 1.69. The smallest absolute Gasteiger partial charge is 0.387 e. The molecule has 0 heterocycles. The van der Waals surface area contributed by atoms with Crippen LogP contribution in [0.2, 0.25) is 0 Å². The maximum absolute atomic E-state index is 12.2. The van der Waals surface area contributed by atoms with E-state index in [9.17, 15) is 13.6 Å². The molecule has 0 aliphatic rings. The molecule has 0 aliphatic carbocycles. The van der Waals surface area contributed by atoms with Crippen molar-refractivity contribution in [3.63, 3.8) is 0 Å². The van der Waals surface area contributed by atoms with E-state index in [1.807, 2.05) is 0 Å². The number of unbranched alkanes of at least 4 members (excludes halogenated alkanes) is 3. The van der Waals surface area contributed by atoms with Crippen molar-refractivity contribution in [1.29, 1.82) is 0 Å². The molecule has 112 valence electrons. The van der Waals surface area contributed by atoms with Gasteiger partial charge in [0.15, 0.2) is 0 Å². The lowest BCUT2D eigenvalue weighted by Gasteiger charge is -2.12. The van der Waals surface area contributed by atoms with Crippen molar-refractivity contribution in [2.24, 2.45) is 0 Å². The van der Waals surface area contributed by atoms with E-state index in [1.165, 1.54) is 12.1 Å². The van der Waals surface area contributed by atoms with Crippen LogP contribution in [-0.2, 0) is 0 Å². The summed E-state index contributed by atoms with van der Waals surface area (Å²) in [5.41, 5.74) is 0.221. The van der Waals surface area contributed by atoms with Gasteiger partial charge in [-0.05, 0) is 18.6 Å². The topological polar surface area (TPSA) is 50.4 Å². The third-order valence-corrected chi connectivity index (χ3v) is 2.67. The molecule has 0 unspecified atom stereocenters. The minimum atomic E-state index is -2.92. The zero-order valence-electron chi connectivity index (χ0n) is 11.5. The Labute approximate surface area is 117 Å². The van der Waals surface area contributed by atoms with Crippen molar-refractivity contribution in [3.8, 4) is 5.75 Å². The number of alkyl halides is 2. The second kappa shape index (κ2) is 9.12. The van der Waals surface area contributed by atoms with E-state index in [4.69, 9.17) is 0 Å². The van der Waals surface area contributed by atoms with Crippen LogP contribution >= 0.6 is 0 Å². The summed E-state index contributed by atoms with van der Waals surface area (Å²) in [6.07, 6.45) is 4.22. The van der Waals surface area contributed by atoms with Gasteiger partial charge in [-0.1, -0.05) is 38.3 Å². The second-order valence-corrected chi connectivity index (χ2v) is 4.32. The molecule has 1 aromatic rings. The Balaban J connectivity index is 2.41. The lowest BCUT2D eigenvalue weighted by molar-refractivity contribution is -0.0493. The molecule has 2 N–H and O–H groups in total. The van der Waals surface area contributed by atoms with Crippen LogP contribution in [0.4, 0.5) is 19.3 Å². The van der Waals surface area contributed by atoms with E-state index in [2.05, 4.69) is 22.3 Å². The van der Waals surface area contributed by atoms with Crippen LogP contribution in [0.5, 0.6) is 5.75 Å². The maximum atomic E-state index is 12.2. The van der Waals surface area contributed by atoms with Crippen LogP contribution in [0.3, 0.4) is 0 Å². The predicted octanol–water partition coefficient (Wildman–Crippen LogP) is 3.99. The van der Waals surface area contributed by atoms with Gasteiger partial charge in [-0.15, -0.1) is 0 Å². The van der Waals surface area contributed by atoms with Crippen LogP contribution in [0.15, 0.2) is 24.3 Å². The quantitative estimate of drug-likeness (QED) is 0.710. The van der Waals surface area contributed by atoms with E-state index in [-0.39, 0.29) is 11.4 Å². The molecule has 2 amide bonds. The molecule has 0 atom stereocenters. The van der Waals surface area contributed by atoms with Gasteiger partial charge >= 0.3 is 12.6 Å². The standard InChI is InChI=1S/C14H20F2N2O2/c1-2-3-4-7-10-17-14(19)18-11-8-5-6-9-12(11)20-13(15)16/h5-6,8-9,13H,2-4,7,10H2,1H3,(H2,17,18,19). The Kier molecular flexibility index (Phi) is 7.39. The number of hydrogen-bond acceptors (Lipinski definition) is 2. The lowest BCUT2D eigenvalue weighted by atomic mass is 10.2. The average Bonchev–Trinajstić information content (AvgIpc) is 2.40.